The first-order chi connectivity index (χ1) is 17.9. The molecule has 0 aliphatic carbocycles. The van der Waals surface area contributed by atoms with E-state index < -0.39 is 27.6 Å². The first-order valence-corrected chi connectivity index (χ1v) is 21.2. The Morgan fingerprint density at radius 2 is 0.658 bits per heavy atom. The molecule has 0 heterocycles. The van der Waals surface area contributed by atoms with Crippen molar-refractivity contribution in [1.82, 2.24) is 3.48 Å². The molecule has 0 aliphatic rings. The molecule has 0 saturated carbocycles. The molecule has 10 heteroatoms. The third-order valence-corrected chi connectivity index (χ3v) is 20.7. The molecule has 5 nitrogen and oxygen atoms in total. The molecule has 0 spiro atoms. The molecule has 0 rings (SSSR count). The average Bonchev–Trinajstić information content (AvgIpc) is 2.84. The normalized spacial score (nSPS) is 14.1. The summed E-state index contributed by atoms with van der Waals surface area (Å²) in [7, 11) is -11.5. The predicted octanol–water partition coefficient (Wildman–Crippen LogP) is 10.1. The van der Waals surface area contributed by atoms with Crippen molar-refractivity contribution in [2.24, 2.45) is 0 Å². The van der Waals surface area contributed by atoms with Gasteiger partial charge in [-0.25, -0.2) is 0 Å². The number of halogens is 2. The van der Waals surface area contributed by atoms with Gasteiger partial charge in [-0.1, -0.05) is 26.2 Å². The molecule has 0 unspecified atom stereocenters. The van der Waals surface area contributed by atoms with E-state index in [2.05, 4.69) is 6.92 Å². The van der Waals surface area contributed by atoms with E-state index in [4.69, 9.17) is 0 Å². The van der Waals surface area contributed by atoms with Crippen LogP contribution in [-0.2, 0) is 20.8 Å². The van der Waals surface area contributed by atoms with Crippen molar-refractivity contribution in [1.29, 1.82) is 0 Å². The van der Waals surface area contributed by atoms with E-state index in [1.54, 1.807) is 0 Å². The number of unbranched alkanes of at least 4 members (excludes halogenated alkanes) is 16. The molecular weight excluding hydrogens is 547 g/mol. The van der Waals surface area contributed by atoms with Crippen LogP contribution in [-0.4, -0.2) is 45.0 Å². The van der Waals surface area contributed by atoms with E-state index in [0.717, 1.165) is 25.7 Å². The maximum atomic E-state index is 14.8. The predicted molar refractivity (Wildman–Crippen MR) is 163 cm³/mol. The van der Waals surface area contributed by atoms with Gasteiger partial charge in [0.15, 0.2) is 0 Å². The summed E-state index contributed by atoms with van der Waals surface area (Å²) in [5, 5.41) is 0. The van der Waals surface area contributed by atoms with Crippen LogP contribution in [0.2, 0.25) is 0 Å². The Hall–Kier alpha value is 0.150. The Kier molecular flexibility index (Phi) is 20.2. The quantitative estimate of drug-likeness (QED) is 0.0529. The van der Waals surface area contributed by atoms with E-state index in [1.807, 2.05) is 20.8 Å². The van der Waals surface area contributed by atoms with E-state index >= 15 is 0 Å². The van der Waals surface area contributed by atoms with Gasteiger partial charge in [-0.2, -0.15) is 0 Å². The molecule has 0 aliphatic heterocycles. The van der Waals surface area contributed by atoms with Crippen molar-refractivity contribution in [2.75, 3.05) is 24.6 Å². The van der Waals surface area contributed by atoms with E-state index in [0.29, 0.717) is 44.9 Å². The fraction of sp³-hybridized carbons (Fsp3) is 1.00. The summed E-state index contributed by atoms with van der Waals surface area (Å²) >= 11 is 0. The second kappa shape index (κ2) is 20.1. The topological polar surface area (TPSA) is 71.5 Å². The van der Waals surface area contributed by atoms with Gasteiger partial charge >= 0.3 is 210 Å². The second-order valence-electron chi connectivity index (χ2n) is 11.5. The molecule has 0 radical (unpaired) electrons. The third-order valence-electron chi connectivity index (χ3n) is 8.18. The molecule has 0 aromatic carbocycles. The van der Waals surface area contributed by atoms with Gasteiger partial charge in [0.2, 0.25) is 0 Å². The first kappa shape index (κ1) is 38.1. The van der Waals surface area contributed by atoms with Crippen molar-refractivity contribution >= 4 is 27.6 Å². The Balaban J connectivity index is 5.32. The molecule has 0 amide bonds. The summed E-state index contributed by atoms with van der Waals surface area (Å²) in [5.41, 5.74) is 0. The molecule has 232 valence electrons. The van der Waals surface area contributed by atoms with Crippen molar-refractivity contribution in [3.63, 3.8) is 0 Å². The number of hydrogen-bond donors (Lipinski definition) is 0. The van der Waals surface area contributed by atoms with Crippen LogP contribution < -0.4 is 0 Å². The number of rotatable bonds is 27. The van der Waals surface area contributed by atoms with Gasteiger partial charge in [-0.3, -0.25) is 0 Å². The van der Waals surface area contributed by atoms with Crippen LogP contribution in [0.4, 0.5) is 7.77 Å². The van der Waals surface area contributed by atoms with Gasteiger partial charge in [0.25, 0.3) is 0 Å². The molecular formula is C28H60F2NO4PS2. The minimum absolute atomic E-state index is 0.186. The fourth-order valence-corrected chi connectivity index (χ4v) is 19.7. The molecule has 38 heavy (non-hydrogen) atoms. The Morgan fingerprint density at radius 1 is 0.421 bits per heavy atom. The zero-order valence-corrected chi connectivity index (χ0v) is 27.6. The van der Waals surface area contributed by atoms with Gasteiger partial charge in [-0.05, 0) is 0 Å². The van der Waals surface area contributed by atoms with Crippen LogP contribution in [0, 0.1) is 0 Å². The Labute approximate surface area is 236 Å². The fourth-order valence-electron chi connectivity index (χ4n) is 6.06. The Bertz CT molecular complexity index is 753. The van der Waals surface area contributed by atoms with Crippen LogP contribution in [0.1, 0.15) is 156 Å². The van der Waals surface area contributed by atoms with Crippen LogP contribution in [0.3, 0.4) is 0 Å². The molecule has 0 atom stereocenters. The number of nitrogens with zero attached hydrogens (tertiary/aromatic N) is 1. The summed E-state index contributed by atoms with van der Waals surface area (Å²) in [6.45, 7) is 4.04. The van der Waals surface area contributed by atoms with Crippen molar-refractivity contribution in [3.05, 3.63) is 0 Å². The summed E-state index contributed by atoms with van der Waals surface area (Å²) < 4.78 is 78.7. The van der Waals surface area contributed by atoms with Crippen molar-refractivity contribution in [3.8, 4) is 0 Å². The molecule has 0 N–H and O–H groups in total. The van der Waals surface area contributed by atoms with Crippen molar-refractivity contribution in [2.45, 2.75) is 156 Å². The third kappa shape index (κ3) is 14.2. The maximum absolute atomic E-state index is 14.8. The monoisotopic (exact) mass is 607 g/mol. The molecule has 0 bridgehead atoms. The average molecular weight is 608 g/mol. The van der Waals surface area contributed by atoms with Gasteiger partial charge in [0.1, 0.15) is 0 Å². The second-order valence-corrected chi connectivity index (χ2v) is 20.7. The van der Waals surface area contributed by atoms with E-state index in [-0.39, 0.29) is 28.1 Å². The zero-order chi connectivity index (χ0) is 29.0. The molecule has 0 aromatic heterocycles. The standard InChI is InChI=1S/C28H60F2NO4PS2/c1-5-9-13-14-15-16-17-18-19-20-21-22-23-24-28-36(25-10-6-2,26-11-7-3,27-12-8-4)31(37(29,32)33)38(30,34)35/h5-28H2,1-4H3. The van der Waals surface area contributed by atoms with Crippen LogP contribution in [0.25, 0.3) is 0 Å². The minimum atomic E-state index is -5.77. The van der Waals surface area contributed by atoms with Gasteiger partial charge in [-0.15, -0.1) is 0 Å². The zero-order valence-electron chi connectivity index (χ0n) is 25.1. The Morgan fingerprint density at radius 3 is 0.921 bits per heavy atom. The van der Waals surface area contributed by atoms with Gasteiger partial charge in [0, 0.05) is 0 Å². The van der Waals surface area contributed by atoms with Crippen LogP contribution >= 0.6 is 6.75 Å². The van der Waals surface area contributed by atoms with Crippen LogP contribution in [0.5, 0.6) is 0 Å². The molecule has 0 fully saturated rings. The SMILES string of the molecule is CCCCCCCCCCCCCCCCP(CCCC)(CCCC)(CCCC)N(S(=O)(=O)F)S(=O)(=O)F. The van der Waals surface area contributed by atoms with E-state index in [9.17, 15) is 24.6 Å². The summed E-state index contributed by atoms with van der Waals surface area (Å²) in [6, 6.07) is 0. The van der Waals surface area contributed by atoms with Gasteiger partial charge in [0.05, 0.1) is 0 Å². The number of hydrogen-bond acceptors (Lipinski definition) is 4. The summed E-state index contributed by atoms with van der Waals surface area (Å²) in [5.74, 6) is 0. The van der Waals surface area contributed by atoms with Crippen LogP contribution in [0.15, 0.2) is 0 Å². The van der Waals surface area contributed by atoms with E-state index in [1.165, 1.54) is 57.8 Å². The summed E-state index contributed by atoms with van der Waals surface area (Å²) in [4.78, 5) is 0. The van der Waals surface area contributed by atoms with Crippen molar-refractivity contribution < 1.29 is 24.6 Å². The summed E-state index contributed by atoms with van der Waals surface area (Å²) in [6.07, 6.45) is 21.3. The van der Waals surface area contributed by atoms with Gasteiger partial charge < -0.3 is 0 Å². The first-order valence-electron chi connectivity index (χ1n) is 15.6. The molecule has 0 saturated heterocycles. The molecule has 0 aromatic rings.